The van der Waals surface area contributed by atoms with Gasteiger partial charge in [0, 0.05) is 26.6 Å². The van der Waals surface area contributed by atoms with Gasteiger partial charge in [-0.3, -0.25) is 4.79 Å². The smallest absolute Gasteiger partial charge is 0.243 e. The normalized spacial score (nSPS) is 21.4. The Labute approximate surface area is 166 Å². The summed E-state index contributed by atoms with van der Waals surface area (Å²) >= 11 is 0. The third-order valence-corrected chi connectivity index (χ3v) is 8.29. The van der Waals surface area contributed by atoms with E-state index in [9.17, 15) is 13.2 Å². The summed E-state index contributed by atoms with van der Waals surface area (Å²) in [7, 11) is -1.78. The van der Waals surface area contributed by atoms with Gasteiger partial charge in [0.15, 0.2) is 0 Å². The van der Waals surface area contributed by atoms with Crippen LogP contribution in [0, 0.1) is 0 Å². The third kappa shape index (κ3) is 3.25. The molecule has 6 heteroatoms. The molecule has 0 saturated carbocycles. The van der Waals surface area contributed by atoms with E-state index >= 15 is 0 Å². The van der Waals surface area contributed by atoms with Crippen LogP contribution in [-0.2, 0) is 20.2 Å². The van der Waals surface area contributed by atoms with E-state index in [4.69, 9.17) is 0 Å². The van der Waals surface area contributed by atoms with Gasteiger partial charge in [0.05, 0.1) is 4.90 Å². The molecule has 1 heterocycles. The summed E-state index contributed by atoms with van der Waals surface area (Å²) in [6.45, 7) is 1.02. The first kappa shape index (κ1) is 19.2. The highest BCUT2D eigenvalue weighted by molar-refractivity contribution is 7.89. The molecular weight excluding hydrogens is 372 g/mol. The molecule has 5 nitrogen and oxygen atoms in total. The lowest BCUT2D eigenvalue weighted by Gasteiger charge is -2.39. The first-order valence-electron chi connectivity index (χ1n) is 9.81. The molecule has 1 saturated heterocycles. The summed E-state index contributed by atoms with van der Waals surface area (Å²) in [5.74, 6) is 0.259. The van der Waals surface area contributed by atoms with Crippen molar-refractivity contribution in [1.82, 2.24) is 9.62 Å². The van der Waals surface area contributed by atoms with E-state index < -0.39 is 10.0 Å². The molecule has 0 unspecified atom stereocenters. The predicted molar refractivity (Wildman–Crippen MR) is 109 cm³/mol. The molecule has 1 aliphatic carbocycles. The van der Waals surface area contributed by atoms with Gasteiger partial charge in [-0.2, -0.15) is 4.31 Å². The van der Waals surface area contributed by atoms with Gasteiger partial charge in [-0.15, -0.1) is 0 Å². The second kappa shape index (κ2) is 7.33. The molecular formula is C22H26N2O3S. The molecule has 2 aromatic carbocycles. The lowest BCUT2D eigenvalue weighted by Crippen LogP contribution is -2.44. The van der Waals surface area contributed by atoms with Gasteiger partial charge in [-0.05, 0) is 53.9 Å². The average molecular weight is 399 g/mol. The number of benzene rings is 2. The number of piperidine rings is 1. The van der Waals surface area contributed by atoms with Crippen LogP contribution >= 0.6 is 0 Å². The van der Waals surface area contributed by atoms with Crippen molar-refractivity contribution in [2.24, 2.45) is 0 Å². The van der Waals surface area contributed by atoms with Crippen molar-refractivity contribution >= 4 is 15.9 Å². The maximum atomic E-state index is 13.0. The van der Waals surface area contributed by atoms with E-state index in [1.807, 2.05) is 12.1 Å². The Bertz CT molecular complexity index is 964. The summed E-state index contributed by atoms with van der Waals surface area (Å²) in [6, 6.07) is 17.0. The molecule has 2 aliphatic rings. The van der Waals surface area contributed by atoms with Gasteiger partial charge >= 0.3 is 0 Å². The molecule has 1 N–H and O–H groups in total. The Morgan fingerprint density at radius 1 is 1.07 bits per heavy atom. The third-order valence-electron chi connectivity index (χ3n) is 6.38. The molecule has 1 amide bonds. The van der Waals surface area contributed by atoms with E-state index in [0.717, 1.165) is 19.3 Å². The molecule has 0 radical (unpaired) electrons. The number of nitrogens with zero attached hydrogens (tertiary/aromatic N) is 1. The number of hydrogen-bond acceptors (Lipinski definition) is 3. The van der Waals surface area contributed by atoms with Crippen LogP contribution in [0.25, 0.3) is 0 Å². The van der Waals surface area contributed by atoms with Crippen molar-refractivity contribution in [3.8, 4) is 0 Å². The topological polar surface area (TPSA) is 66.5 Å². The van der Waals surface area contributed by atoms with E-state index in [0.29, 0.717) is 24.4 Å². The van der Waals surface area contributed by atoms with Gasteiger partial charge < -0.3 is 5.32 Å². The molecule has 28 heavy (non-hydrogen) atoms. The van der Waals surface area contributed by atoms with Crippen LogP contribution < -0.4 is 5.32 Å². The Balaban J connectivity index is 1.56. The summed E-state index contributed by atoms with van der Waals surface area (Å²) < 4.78 is 27.5. The Morgan fingerprint density at radius 2 is 1.71 bits per heavy atom. The molecule has 1 atom stereocenters. The molecule has 1 spiro atoms. The zero-order valence-corrected chi connectivity index (χ0v) is 16.9. The van der Waals surface area contributed by atoms with Crippen LogP contribution in [0.3, 0.4) is 0 Å². The van der Waals surface area contributed by atoms with Gasteiger partial charge in [-0.25, -0.2) is 8.42 Å². The molecule has 0 bridgehead atoms. The number of fused-ring (bicyclic) bond motifs is 2. The number of carbonyl (C=O) groups excluding carboxylic acids is 1. The fraction of sp³-hybridized carbons (Fsp3) is 0.409. The minimum absolute atomic E-state index is 0.0298. The summed E-state index contributed by atoms with van der Waals surface area (Å²) in [4.78, 5) is 12.3. The standard InChI is InChI=1S/C22H26N2O3S/c1-23-21(25)15-17-16-22(20-10-6-5-9-19(17)20)11-13-24(14-12-22)28(26,27)18-7-3-2-4-8-18/h2-10,17H,11-16H2,1H3,(H,23,25)/t17-/m1/s1. The quantitative estimate of drug-likeness (QED) is 0.861. The molecule has 1 aliphatic heterocycles. The molecule has 1 fully saturated rings. The van der Waals surface area contributed by atoms with Crippen LogP contribution in [-0.4, -0.2) is 38.8 Å². The van der Waals surface area contributed by atoms with Crippen molar-refractivity contribution in [1.29, 1.82) is 0 Å². The predicted octanol–water partition coefficient (Wildman–Crippen LogP) is 3.03. The Morgan fingerprint density at radius 3 is 2.39 bits per heavy atom. The fourth-order valence-corrected chi connectivity index (χ4v) is 6.37. The number of nitrogens with one attached hydrogen (secondary N) is 1. The molecule has 4 rings (SSSR count). The van der Waals surface area contributed by atoms with Crippen molar-refractivity contribution in [3.05, 3.63) is 65.7 Å². The van der Waals surface area contributed by atoms with E-state index in [2.05, 4.69) is 23.5 Å². The summed E-state index contributed by atoms with van der Waals surface area (Å²) in [6.07, 6.45) is 2.99. The second-order valence-electron chi connectivity index (χ2n) is 7.86. The lowest BCUT2D eigenvalue weighted by molar-refractivity contribution is -0.121. The van der Waals surface area contributed by atoms with Crippen LogP contribution in [0.15, 0.2) is 59.5 Å². The zero-order valence-electron chi connectivity index (χ0n) is 16.1. The van der Waals surface area contributed by atoms with Crippen LogP contribution in [0.1, 0.15) is 42.7 Å². The largest absolute Gasteiger partial charge is 0.359 e. The van der Waals surface area contributed by atoms with Crippen LogP contribution in [0.2, 0.25) is 0 Å². The maximum Gasteiger partial charge on any atom is 0.243 e. The van der Waals surface area contributed by atoms with Gasteiger partial charge in [-0.1, -0.05) is 42.5 Å². The number of sulfonamides is 1. The lowest BCUT2D eigenvalue weighted by atomic mass is 9.73. The van der Waals surface area contributed by atoms with Crippen molar-refractivity contribution < 1.29 is 13.2 Å². The maximum absolute atomic E-state index is 13.0. The van der Waals surface area contributed by atoms with E-state index in [-0.39, 0.29) is 17.2 Å². The number of amides is 1. The Kier molecular flexibility index (Phi) is 5.02. The minimum Gasteiger partial charge on any atom is -0.359 e. The summed E-state index contributed by atoms with van der Waals surface area (Å²) in [5, 5.41) is 2.73. The number of carbonyl (C=O) groups is 1. The number of rotatable bonds is 4. The fourth-order valence-electron chi connectivity index (χ4n) is 4.91. The van der Waals surface area contributed by atoms with Gasteiger partial charge in [0.1, 0.15) is 0 Å². The first-order chi connectivity index (χ1) is 13.5. The number of hydrogen-bond donors (Lipinski definition) is 1. The minimum atomic E-state index is -3.45. The molecule has 148 valence electrons. The highest BCUT2D eigenvalue weighted by Gasteiger charge is 2.47. The first-order valence-corrected chi connectivity index (χ1v) is 11.3. The molecule has 2 aromatic rings. The van der Waals surface area contributed by atoms with Gasteiger partial charge in [0.25, 0.3) is 0 Å². The summed E-state index contributed by atoms with van der Waals surface area (Å²) in [5.41, 5.74) is 2.53. The molecule has 0 aromatic heterocycles. The van der Waals surface area contributed by atoms with Gasteiger partial charge in [0.2, 0.25) is 15.9 Å². The van der Waals surface area contributed by atoms with E-state index in [1.54, 1.807) is 35.6 Å². The Hall–Kier alpha value is -2.18. The average Bonchev–Trinajstić information content (AvgIpc) is 3.02. The van der Waals surface area contributed by atoms with Crippen molar-refractivity contribution in [2.45, 2.75) is 41.9 Å². The van der Waals surface area contributed by atoms with Crippen molar-refractivity contribution in [2.75, 3.05) is 20.1 Å². The van der Waals surface area contributed by atoms with Crippen LogP contribution in [0.5, 0.6) is 0 Å². The van der Waals surface area contributed by atoms with Crippen molar-refractivity contribution in [3.63, 3.8) is 0 Å². The van der Waals surface area contributed by atoms with Crippen LogP contribution in [0.4, 0.5) is 0 Å². The van der Waals surface area contributed by atoms with E-state index in [1.165, 1.54) is 11.1 Å². The zero-order chi connectivity index (χ0) is 19.8. The monoisotopic (exact) mass is 398 g/mol. The SMILES string of the molecule is CNC(=O)C[C@@H]1CC2(CCN(S(=O)(=O)c3ccccc3)CC2)c2ccccc21. The second-order valence-corrected chi connectivity index (χ2v) is 9.80. The highest BCUT2D eigenvalue weighted by atomic mass is 32.2. The highest BCUT2D eigenvalue weighted by Crippen LogP contribution is 2.53.